The van der Waals surface area contributed by atoms with E-state index in [4.69, 9.17) is 0 Å². The summed E-state index contributed by atoms with van der Waals surface area (Å²) in [6, 6.07) is 6.08. The van der Waals surface area contributed by atoms with E-state index in [9.17, 15) is 0 Å². The standard InChI is InChI=1S/C12H12BrN3/c1-16(9-10-2-4-14-5-3-10)12-6-11(13)7-15-8-12/h2-8H,9H2,1H3. The molecule has 0 bridgehead atoms. The van der Waals surface area contributed by atoms with Crippen LogP contribution in [0.5, 0.6) is 0 Å². The molecule has 0 saturated carbocycles. The Morgan fingerprint density at radius 2 is 1.94 bits per heavy atom. The van der Waals surface area contributed by atoms with Crippen molar-refractivity contribution in [1.82, 2.24) is 9.97 Å². The van der Waals surface area contributed by atoms with Gasteiger partial charge in [0.1, 0.15) is 0 Å². The molecule has 2 aromatic rings. The molecule has 0 N–H and O–H groups in total. The van der Waals surface area contributed by atoms with Crippen LogP contribution in [0, 0.1) is 0 Å². The quantitative estimate of drug-likeness (QED) is 0.864. The van der Waals surface area contributed by atoms with Gasteiger partial charge in [-0.25, -0.2) is 0 Å². The largest absolute Gasteiger partial charge is 0.369 e. The summed E-state index contributed by atoms with van der Waals surface area (Å²) in [5.74, 6) is 0. The van der Waals surface area contributed by atoms with Crippen LogP contribution in [-0.4, -0.2) is 17.0 Å². The summed E-state index contributed by atoms with van der Waals surface area (Å²) in [4.78, 5) is 10.3. The number of rotatable bonds is 3. The number of nitrogens with zero attached hydrogens (tertiary/aromatic N) is 3. The third kappa shape index (κ3) is 2.79. The maximum absolute atomic E-state index is 4.15. The third-order valence-electron chi connectivity index (χ3n) is 2.30. The fourth-order valence-corrected chi connectivity index (χ4v) is 1.82. The SMILES string of the molecule is CN(Cc1ccncc1)c1cncc(Br)c1. The first kappa shape index (κ1) is 11.1. The van der Waals surface area contributed by atoms with Gasteiger partial charge in [0, 0.05) is 36.7 Å². The van der Waals surface area contributed by atoms with Crippen molar-refractivity contribution in [2.75, 3.05) is 11.9 Å². The predicted molar refractivity (Wildman–Crippen MR) is 68.3 cm³/mol. The summed E-state index contributed by atoms with van der Waals surface area (Å²) >= 11 is 3.42. The summed E-state index contributed by atoms with van der Waals surface area (Å²) in [5.41, 5.74) is 2.32. The number of halogens is 1. The molecule has 0 unspecified atom stereocenters. The molecule has 0 fully saturated rings. The highest BCUT2D eigenvalue weighted by atomic mass is 79.9. The second-order valence-corrected chi connectivity index (χ2v) is 4.49. The minimum Gasteiger partial charge on any atom is -0.369 e. The second kappa shape index (κ2) is 5.07. The van der Waals surface area contributed by atoms with Gasteiger partial charge < -0.3 is 4.90 Å². The zero-order valence-electron chi connectivity index (χ0n) is 8.97. The summed E-state index contributed by atoms with van der Waals surface area (Å²) in [7, 11) is 2.05. The minimum absolute atomic E-state index is 0.848. The molecular formula is C12H12BrN3. The van der Waals surface area contributed by atoms with Gasteiger partial charge in [0.25, 0.3) is 0 Å². The number of hydrogen-bond acceptors (Lipinski definition) is 3. The summed E-state index contributed by atoms with van der Waals surface area (Å²) in [5, 5.41) is 0. The zero-order valence-corrected chi connectivity index (χ0v) is 10.6. The highest BCUT2D eigenvalue weighted by molar-refractivity contribution is 9.10. The molecule has 0 radical (unpaired) electrons. The van der Waals surface area contributed by atoms with Crippen LogP contribution in [0.3, 0.4) is 0 Å². The molecule has 2 heterocycles. The van der Waals surface area contributed by atoms with E-state index in [-0.39, 0.29) is 0 Å². The Kier molecular flexibility index (Phi) is 3.51. The Hall–Kier alpha value is -1.42. The first-order valence-corrected chi connectivity index (χ1v) is 5.75. The molecule has 0 amide bonds. The van der Waals surface area contributed by atoms with E-state index in [0.717, 1.165) is 16.7 Å². The lowest BCUT2D eigenvalue weighted by Crippen LogP contribution is -2.16. The molecule has 0 spiro atoms. The van der Waals surface area contributed by atoms with Gasteiger partial charge in [-0.15, -0.1) is 0 Å². The van der Waals surface area contributed by atoms with E-state index in [1.165, 1.54) is 5.56 Å². The van der Waals surface area contributed by atoms with Crippen molar-refractivity contribution in [1.29, 1.82) is 0 Å². The van der Waals surface area contributed by atoms with Crippen LogP contribution < -0.4 is 4.90 Å². The average Bonchev–Trinajstić information content (AvgIpc) is 2.30. The maximum atomic E-state index is 4.15. The Balaban J connectivity index is 2.12. The van der Waals surface area contributed by atoms with Crippen LogP contribution in [0.15, 0.2) is 47.5 Å². The van der Waals surface area contributed by atoms with Crippen LogP contribution >= 0.6 is 15.9 Å². The van der Waals surface area contributed by atoms with E-state index in [2.05, 4.69) is 30.8 Å². The highest BCUT2D eigenvalue weighted by Crippen LogP contribution is 2.18. The Labute approximate surface area is 103 Å². The normalized spacial score (nSPS) is 10.1. The molecule has 2 rings (SSSR count). The molecule has 0 aliphatic carbocycles. The molecule has 0 aliphatic heterocycles. The van der Waals surface area contributed by atoms with Crippen molar-refractivity contribution in [2.24, 2.45) is 0 Å². The Morgan fingerprint density at radius 3 is 2.62 bits per heavy atom. The van der Waals surface area contributed by atoms with Crippen LogP contribution in [0.2, 0.25) is 0 Å². The number of pyridine rings is 2. The molecule has 4 heteroatoms. The van der Waals surface area contributed by atoms with Crippen molar-refractivity contribution < 1.29 is 0 Å². The summed E-state index contributed by atoms with van der Waals surface area (Å²) in [6.07, 6.45) is 7.25. The van der Waals surface area contributed by atoms with E-state index in [1.807, 2.05) is 43.8 Å². The number of aromatic nitrogens is 2. The smallest absolute Gasteiger partial charge is 0.0564 e. The topological polar surface area (TPSA) is 29.0 Å². The predicted octanol–water partition coefficient (Wildman–Crippen LogP) is 2.88. The number of anilines is 1. The summed E-state index contributed by atoms with van der Waals surface area (Å²) < 4.78 is 0.992. The Morgan fingerprint density at radius 1 is 1.19 bits per heavy atom. The van der Waals surface area contributed by atoms with Gasteiger partial charge >= 0.3 is 0 Å². The molecule has 16 heavy (non-hydrogen) atoms. The van der Waals surface area contributed by atoms with E-state index < -0.39 is 0 Å². The monoisotopic (exact) mass is 277 g/mol. The van der Waals surface area contributed by atoms with Gasteiger partial charge in [0.2, 0.25) is 0 Å². The molecule has 0 aliphatic rings. The van der Waals surface area contributed by atoms with Gasteiger partial charge in [-0.05, 0) is 39.7 Å². The third-order valence-corrected chi connectivity index (χ3v) is 2.73. The van der Waals surface area contributed by atoms with Crippen molar-refractivity contribution in [3.8, 4) is 0 Å². The first-order valence-electron chi connectivity index (χ1n) is 4.96. The molecule has 3 nitrogen and oxygen atoms in total. The van der Waals surface area contributed by atoms with Gasteiger partial charge in [-0.2, -0.15) is 0 Å². The van der Waals surface area contributed by atoms with Gasteiger partial charge in [0.15, 0.2) is 0 Å². The van der Waals surface area contributed by atoms with Crippen molar-refractivity contribution in [3.05, 3.63) is 53.0 Å². The Bertz CT molecular complexity index is 459. The molecular weight excluding hydrogens is 266 g/mol. The average molecular weight is 278 g/mol. The van der Waals surface area contributed by atoms with Gasteiger partial charge in [-0.3, -0.25) is 9.97 Å². The maximum Gasteiger partial charge on any atom is 0.0564 e. The van der Waals surface area contributed by atoms with E-state index in [0.29, 0.717) is 0 Å². The highest BCUT2D eigenvalue weighted by Gasteiger charge is 2.02. The molecule has 0 aromatic carbocycles. The molecule has 0 saturated heterocycles. The van der Waals surface area contributed by atoms with Crippen LogP contribution in [0.1, 0.15) is 5.56 Å². The van der Waals surface area contributed by atoms with Crippen molar-refractivity contribution >= 4 is 21.6 Å². The van der Waals surface area contributed by atoms with Crippen molar-refractivity contribution in [3.63, 3.8) is 0 Å². The molecule has 2 aromatic heterocycles. The van der Waals surface area contributed by atoms with Gasteiger partial charge in [-0.1, -0.05) is 0 Å². The van der Waals surface area contributed by atoms with Crippen LogP contribution in [-0.2, 0) is 6.54 Å². The van der Waals surface area contributed by atoms with E-state index >= 15 is 0 Å². The lowest BCUT2D eigenvalue weighted by molar-refractivity contribution is 0.914. The minimum atomic E-state index is 0.848. The summed E-state index contributed by atoms with van der Waals surface area (Å²) in [6.45, 7) is 0.848. The fourth-order valence-electron chi connectivity index (χ4n) is 1.46. The first-order chi connectivity index (χ1) is 7.75. The van der Waals surface area contributed by atoms with Crippen LogP contribution in [0.25, 0.3) is 0 Å². The van der Waals surface area contributed by atoms with Gasteiger partial charge in [0.05, 0.1) is 11.9 Å². The molecule has 82 valence electrons. The van der Waals surface area contributed by atoms with Crippen LogP contribution in [0.4, 0.5) is 5.69 Å². The second-order valence-electron chi connectivity index (χ2n) is 3.57. The number of hydrogen-bond donors (Lipinski definition) is 0. The lowest BCUT2D eigenvalue weighted by Gasteiger charge is -2.18. The van der Waals surface area contributed by atoms with Crippen molar-refractivity contribution in [2.45, 2.75) is 6.54 Å². The molecule has 0 atom stereocenters. The lowest BCUT2D eigenvalue weighted by atomic mass is 10.2. The van der Waals surface area contributed by atoms with E-state index in [1.54, 1.807) is 6.20 Å². The zero-order chi connectivity index (χ0) is 11.4. The fraction of sp³-hybridized carbons (Fsp3) is 0.167.